The summed E-state index contributed by atoms with van der Waals surface area (Å²) < 4.78 is 0. The number of aryl methyl sites for hydroxylation is 1. The molecule has 0 saturated heterocycles. The monoisotopic (exact) mass is 333 g/mol. The second-order valence-corrected chi connectivity index (χ2v) is 6.19. The van der Waals surface area contributed by atoms with Crippen molar-refractivity contribution in [1.82, 2.24) is 16.0 Å². The van der Waals surface area contributed by atoms with E-state index in [-0.39, 0.29) is 23.6 Å². The molecule has 0 radical (unpaired) electrons. The Labute approximate surface area is 143 Å². The minimum Gasteiger partial charge on any atom is -0.355 e. The number of carbonyl (C=O) groups is 3. The lowest BCUT2D eigenvalue weighted by atomic mass is 10.0. The number of carbonyl (C=O) groups excluding carboxylic acids is 3. The highest BCUT2D eigenvalue weighted by Gasteiger charge is 2.27. The summed E-state index contributed by atoms with van der Waals surface area (Å²) in [6.07, 6.45) is 0. The fourth-order valence-electron chi connectivity index (χ4n) is 2.24. The maximum absolute atomic E-state index is 12.4. The van der Waals surface area contributed by atoms with Crippen LogP contribution in [-0.2, 0) is 9.59 Å². The third-order valence-electron chi connectivity index (χ3n) is 3.62. The molecule has 2 atom stereocenters. The molecular formula is C18H27N3O3. The molecule has 6 nitrogen and oxygen atoms in total. The molecule has 0 unspecified atom stereocenters. The predicted octanol–water partition coefficient (Wildman–Crippen LogP) is 1.39. The molecule has 1 aromatic rings. The van der Waals surface area contributed by atoms with Gasteiger partial charge in [-0.15, -0.1) is 0 Å². The average molecular weight is 333 g/mol. The van der Waals surface area contributed by atoms with Crippen molar-refractivity contribution in [3.63, 3.8) is 0 Å². The molecular weight excluding hydrogens is 306 g/mol. The van der Waals surface area contributed by atoms with Gasteiger partial charge in [-0.2, -0.15) is 0 Å². The molecule has 0 aromatic heterocycles. The average Bonchev–Trinajstić information content (AvgIpc) is 2.51. The lowest BCUT2D eigenvalue weighted by Crippen LogP contribution is -2.54. The highest BCUT2D eigenvalue weighted by Crippen LogP contribution is 2.07. The Kier molecular flexibility index (Phi) is 7.42. The van der Waals surface area contributed by atoms with Gasteiger partial charge in [-0.3, -0.25) is 14.4 Å². The third kappa shape index (κ3) is 5.68. The Morgan fingerprint density at radius 3 is 2.25 bits per heavy atom. The molecule has 0 aliphatic carbocycles. The van der Waals surface area contributed by atoms with Crippen LogP contribution in [0.25, 0.3) is 0 Å². The zero-order chi connectivity index (χ0) is 18.3. The van der Waals surface area contributed by atoms with Gasteiger partial charge in [0.1, 0.15) is 12.1 Å². The maximum Gasteiger partial charge on any atom is 0.251 e. The van der Waals surface area contributed by atoms with Crippen molar-refractivity contribution in [2.75, 3.05) is 6.54 Å². The van der Waals surface area contributed by atoms with Gasteiger partial charge in [-0.25, -0.2) is 0 Å². The summed E-state index contributed by atoms with van der Waals surface area (Å²) in [5, 5.41) is 8.05. The van der Waals surface area contributed by atoms with E-state index in [1.807, 2.05) is 33.8 Å². The van der Waals surface area contributed by atoms with E-state index in [0.29, 0.717) is 12.1 Å². The number of amides is 3. The Morgan fingerprint density at radius 2 is 1.71 bits per heavy atom. The molecule has 1 rings (SSSR count). The number of benzene rings is 1. The molecule has 6 heteroatoms. The molecule has 0 bridgehead atoms. The molecule has 132 valence electrons. The number of hydrogen-bond donors (Lipinski definition) is 3. The summed E-state index contributed by atoms with van der Waals surface area (Å²) in [5.41, 5.74) is 1.48. The van der Waals surface area contributed by atoms with Gasteiger partial charge in [0.05, 0.1) is 0 Å². The first-order valence-corrected chi connectivity index (χ1v) is 8.21. The van der Waals surface area contributed by atoms with Crippen LogP contribution in [0.5, 0.6) is 0 Å². The number of rotatable bonds is 7. The molecule has 24 heavy (non-hydrogen) atoms. The lowest BCUT2D eigenvalue weighted by Gasteiger charge is -2.23. The van der Waals surface area contributed by atoms with Crippen LogP contribution in [0, 0.1) is 12.8 Å². The SMILES string of the molecule is CCNC(=O)[C@H](C)NC(=O)[C@@H](NC(=O)c1cccc(C)c1)C(C)C. The lowest BCUT2D eigenvalue weighted by molar-refractivity contribution is -0.130. The number of nitrogens with one attached hydrogen (secondary N) is 3. The second-order valence-electron chi connectivity index (χ2n) is 6.19. The standard InChI is InChI=1S/C18H27N3O3/c1-6-19-16(22)13(5)20-18(24)15(11(2)3)21-17(23)14-9-7-8-12(4)10-14/h7-11,13,15H,6H2,1-5H3,(H,19,22)(H,20,24)(H,21,23)/t13-,15-/m0/s1. The first-order valence-electron chi connectivity index (χ1n) is 8.21. The van der Waals surface area contributed by atoms with E-state index in [9.17, 15) is 14.4 Å². The Hall–Kier alpha value is -2.37. The summed E-state index contributed by atoms with van der Waals surface area (Å²) >= 11 is 0. The second kappa shape index (κ2) is 9.05. The number of likely N-dealkylation sites (N-methyl/N-ethyl adjacent to an activating group) is 1. The first kappa shape index (κ1) is 19.7. The summed E-state index contributed by atoms with van der Waals surface area (Å²) in [6.45, 7) is 9.51. The van der Waals surface area contributed by atoms with Crippen LogP contribution in [0.2, 0.25) is 0 Å². The summed E-state index contributed by atoms with van der Waals surface area (Å²) in [6, 6.07) is 5.80. The van der Waals surface area contributed by atoms with Gasteiger partial charge in [0.15, 0.2) is 0 Å². The zero-order valence-corrected chi connectivity index (χ0v) is 15.0. The van der Waals surface area contributed by atoms with Gasteiger partial charge in [-0.05, 0) is 38.8 Å². The van der Waals surface area contributed by atoms with Gasteiger partial charge in [0.2, 0.25) is 11.8 Å². The van der Waals surface area contributed by atoms with Gasteiger partial charge in [-0.1, -0.05) is 31.5 Å². The quantitative estimate of drug-likeness (QED) is 0.705. The summed E-state index contributed by atoms with van der Waals surface area (Å²) in [4.78, 5) is 36.5. The van der Waals surface area contributed by atoms with Crippen LogP contribution < -0.4 is 16.0 Å². The van der Waals surface area contributed by atoms with E-state index < -0.39 is 12.1 Å². The largest absolute Gasteiger partial charge is 0.355 e. The smallest absolute Gasteiger partial charge is 0.251 e. The van der Waals surface area contributed by atoms with E-state index in [1.54, 1.807) is 25.1 Å². The van der Waals surface area contributed by atoms with E-state index >= 15 is 0 Å². The van der Waals surface area contributed by atoms with Crippen molar-refractivity contribution in [1.29, 1.82) is 0 Å². The normalized spacial score (nSPS) is 13.1. The van der Waals surface area contributed by atoms with E-state index in [0.717, 1.165) is 5.56 Å². The first-order chi connectivity index (χ1) is 11.3. The summed E-state index contributed by atoms with van der Waals surface area (Å²) in [7, 11) is 0. The van der Waals surface area contributed by atoms with Crippen molar-refractivity contribution in [3.05, 3.63) is 35.4 Å². The van der Waals surface area contributed by atoms with Crippen LogP contribution >= 0.6 is 0 Å². The zero-order valence-electron chi connectivity index (χ0n) is 15.0. The molecule has 0 spiro atoms. The van der Waals surface area contributed by atoms with E-state index in [2.05, 4.69) is 16.0 Å². The van der Waals surface area contributed by atoms with Crippen molar-refractivity contribution in [2.24, 2.45) is 5.92 Å². The van der Waals surface area contributed by atoms with E-state index in [4.69, 9.17) is 0 Å². The van der Waals surface area contributed by atoms with Crippen LogP contribution in [0.3, 0.4) is 0 Å². The Balaban J connectivity index is 2.77. The molecule has 3 N–H and O–H groups in total. The van der Waals surface area contributed by atoms with Gasteiger partial charge in [0.25, 0.3) is 5.91 Å². The van der Waals surface area contributed by atoms with Crippen molar-refractivity contribution in [2.45, 2.75) is 46.7 Å². The molecule has 0 fully saturated rings. The van der Waals surface area contributed by atoms with Crippen molar-refractivity contribution < 1.29 is 14.4 Å². The van der Waals surface area contributed by atoms with Gasteiger partial charge < -0.3 is 16.0 Å². The van der Waals surface area contributed by atoms with E-state index in [1.165, 1.54) is 0 Å². The minimum atomic E-state index is -0.713. The minimum absolute atomic E-state index is 0.111. The Bertz CT molecular complexity index is 599. The highest BCUT2D eigenvalue weighted by atomic mass is 16.2. The van der Waals surface area contributed by atoms with Crippen LogP contribution in [0.15, 0.2) is 24.3 Å². The number of hydrogen-bond acceptors (Lipinski definition) is 3. The predicted molar refractivity (Wildman–Crippen MR) is 93.6 cm³/mol. The topological polar surface area (TPSA) is 87.3 Å². The van der Waals surface area contributed by atoms with Crippen molar-refractivity contribution in [3.8, 4) is 0 Å². The summed E-state index contributed by atoms with van der Waals surface area (Å²) in [5.74, 6) is -1.04. The van der Waals surface area contributed by atoms with Crippen LogP contribution in [0.1, 0.15) is 43.6 Å². The van der Waals surface area contributed by atoms with Crippen molar-refractivity contribution >= 4 is 17.7 Å². The van der Waals surface area contributed by atoms with Gasteiger partial charge in [0, 0.05) is 12.1 Å². The van der Waals surface area contributed by atoms with Crippen LogP contribution in [0.4, 0.5) is 0 Å². The maximum atomic E-state index is 12.4. The fraction of sp³-hybridized carbons (Fsp3) is 0.500. The molecule has 0 aliphatic rings. The highest BCUT2D eigenvalue weighted by molar-refractivity contribution is 5.98. The molecule has 0 saturated carbocycles. The molecule has 3 amide bonds. The molecule has 0 aliphatic heterocycles. The van der Waals surface area contributed by atoms with Gasteiger partial charge >= 0.3 is 0 Å². The molecule has 1 aromatic carbocycles. The fourth-order valence-corrected chi connectivity index (χ4v) is 2.24. The molecule has 0 heterocycles. The van der Waals surface area contributed by atoms with Crippen LogP contribution in [-0.4, -0.2) is 36.3 Å². The Morgan fingerprint density at radius 1 is 1.04 bits per heavy atom. The third-order valence-corrected chi connectivity index (χ3v) is 3.62.